The number of hydrogen-bond acceptors (Lipinski definition) is 4. The van der Waals surface area contributed by atoms with Crippen molar-refractivity contribution in [3.8, 4) is 0 Å². The Labute approximate surface area is 116 Å². The first-order chi connectivity index (χ1) is 8.81. The summed E-state index contributed by atoms with van der Waals surface area (Å²) in [6, 6.07) is 1.97. The van der Waals surface area contributed by atoms with Crippen LogP contribution in [0.3, 0.4) is 0 Å². The number of rotatable bonds is 4. The molecule has 0 aliphatic carbocycles. The third kappa shape index (κ3) is 2.73. The lowest BCUT2D eigenvalue weighted by Crippen LogP contribution is -2.27. The van der Waals surface area contributed by atoms with Gasteiger partial charge in [-0.05, 0) is 25.8 Å². The first kappa shape index (κ1) is 13.9. The number of thioether (sulfide) groups is 1. The summed E-state index contributed by atoms with van der Waals surface area (Å²) in [6.07, 6.45) is 3.42. The minimum absolute atomic E-state index is 0.324. The number of aromatic nitrogens is 3. The third-order valence-electron chi connectivity index (χ3n) is 2.83. The van der Waals surface area contributed by atoms with Crippen molar-refractivity contribution in [3.63, 3.8) is 0 Å². The van der Waals surface area contributed by atoms with Crippen LogP contribution in [-0.4, -0.2) is 30.4 Å². The molecule has 0 aromatic carbocycles. The molecule has 0 saturated carbocycles. The largest absolute Gasteiger partial charge is 0.480 e. The van der Waals surface area contributed by atoms with E-state index in [2.05, 4.69) is 23.9 Å². The fourth-order valence-electron chi connectivity index (χ4n) is 1.56. The van der Waals surface area contributed by atoms with Gasteiger partial charge in [0.2, 0.25) is 0 Å². The summed E-state index contributed by atoms with van der Waals surface area (Å²) in [5.41, 5.74) is 1.83. The smallest absolute Gasteiger partial charge is 0.319 e. The predicted molar refractivity (Wildman–Crippen MR) is 74.6 cm³/mol. The second-order valence-corrected chi connectivity index (χ2v) is 6.82. The molecule has 2 rings (SSSR count). The molecule has 6 heteroatoms. The van der Waals surface area contributed by atoms with Crippen molar-refractivity contribution in [2.24, 2.45) is 0 Å². The molecular weight excluding hydrogens is 262 g/mol. The van der Waals surface area contributed by atoms with Gasteiger partial charge in [0.05, 0.1) is 11.2 Å². The minimum Gasteiger partial charge on any atom is -0.480 e. The average Bonchev–Trinajstić information content (AvgIpc) is 2.73. The minimum atomic E-state index is -0.920. The molecule has 0 amide bonds. The fourth-order valence-corrected chi connectivity index (χ4v) is 2.50. The van der Waals surface area contributed by atoms with Crippen LogP contribution in [0.2, 0.25) is 0 Å². The molecule has 0 unspecified atom stereocenters. The Hall–Kier alpha value is -1.56. The summed E-state index contributed by atoms with van der Waals surface area (Å²) >= 11 is 1.24. The molecule has 0 aliphatic heterocycles. The zero-order valence-electron chi connectivity index (χ0n) is 11.4. The Morgan fingerprint density at radius 2 is 2.16 bits per heavy atom. The lowest BCUT2D eigenvalue weighted by molar-refractivity contribution is -0.138. The SMILES string of the molecule is CC(C)c1cc2c(SC(C)(C)C(=O)O)nccn2n1. The molecule has 0 radical (unpaired) electrons. The van der Waals surface area contributed by atoms with E-state index in [9.17, 15) is 9.90 Å². The number of hydrogen-bond donors (Lipinski definition) is 1. The van der Waals surface area contributed by atoms with E-state index < -0.39 is 10.7 Å². The number of carboxylic acids is 1. The molecule has 0 spiro atoms. The van der Waals surface area contributed by atoms with Crippen LogP contribution in [0.4, 0.5) is 0 Å². The average molecular weight is 279 g/mol. The molecule has 0 saturated heterocycles. The quantitative estimate of drug-likeness (QED) is 0.872. The van der Waals surface area contributed by atoms with E-state index in [0.29, 0.717) is 10.9 Å². The van der Waals surface area contributed by atoms with Gasteiger partial charge < -0.3 is 5.11 Å². The lowest BCUT2D eigenvalue weighted by Gasteiger charge is -2.17. The Kier molecular flexibility index (Phi) is 3.54. The number of nitrogens with zero attached hydrogens (tertiary/aromatic N) is 3. The van der Waals surface area contributed by atoms with Crippen LogP contribution in [-0.2, 0) is 4.79 Å². The van der Waals surface area contributed by atoms with Gasteiger partial charge in [-0.15, -0.1) is 0 Å². The highest BCUT2D eigenvalue weighted by atomic mass is 32.2. The van der Waals surface area contributed by atoms with Gasteiger partial charge in [0.15, 0.2) is 0 Å². The maximum atomic E-state index is 11.2. The van der Waals surface area contributed by atoms with Gasteiger partial charge >= 0.3 is 5.97 Å². The molecule has 2 heterocycles. The summed E-state index contributed by atoms with van der Waals surface area (Å²) in [5.74, 6) is -0.532. The molecule has 5 nitrogen and oxygen atoms in total. The fraction of sp³-hybridized carbons (Fsp3) is 0.462. The first-order valence-electron chi connectivity index (χ1n) is 6.08. The van der Waals surface area contributed by atoms with E-state index in [1.807, 2.05) is 6.07 Å². The molecule has 0 aliphatic rings. The molecule has 19 heavy (non-hydrogen) atoms. The molecule has 0 fully saturated rings. The van der Waals surface area contributed by atoms with Gasteiger partial charge in [-0.25, -0.2) is 9.50 Å². The van der Waals surface area contributed by atoms with Crippen LogP contribution in [0, 0.1) is 0 Å². The number of carbonyl (C=O) groups is 1. The standard InChI is InChI=1S/C13H17N3O2S/c1-8(2)9-7-10-11(14-5-6-16(10)15-9)19-13(3,4)12(17)18/h5-8H,1-4H3,(H,17,18). The number of fused-ring (bicyclic) bond motifs is 1. The van der Waals surface area contributed by atoms with E-state index in [0.717, 1.165) is 11.2 Å². The second kappa shape index (κ2) is 4.85. The topological polar surface area (TPSA) is 67.5 Å². The van der Waals surface area contributed by atoms with Crippen molar-refractivity contribution in [2.45, 2.75) is 43.4 Å². The summed E-state index contributed by atoms with van der Waals surface area (Å²) in [5, 5.41) is 14.3. The van der Waals surface area contributed by atoms with Crippen LogP contribution >= 0.6 is 11.8 Å². The van der Waals surface area contributed by atoms with Crippen LogP contribution in [0.1, 0.15) is 39.3 Å². The van der Waals surface area contributed by atoms with Crippen LogP contribution in [0.25, 0.3) is 5.52 Å². The third-order valence-corrected chi connectivity index (χ3v) is 4.02. The predicted octanol–water partition coefficient (Wildman–Crippen LogP) is 2.81. The Bertz CT molecular complexity index is 619. The molecule has 1 N–H and O–H groups in total. The highest BCUT2D eigenvalue weighted by Gasteiger charge is 2.30. The number of aliphatic carboxylic acids is 1. The van der Waals surface area contributed by atoms with Gasteiger partial charge in [0.25, 0.3) is 0 Å². The van der Waals surface area contributed by atoms with E-state index in [-0.39, 0.29) is 0 Å². The van der Waals surface area contributed by atoms with Crippen molar-refractivity contribution in [3.05, 3.63) is 24.2 Å². The summed E-state index contributed by atoms with van der Waals surface area (Å²) in [6.45, 7) is 7.49. The van der Waals surface area contributed by atoms with E-state index >= 15 is 0 Å². The highest BCUT2D eigenvalue weighted by molar-refractivity contribution is 8.01. The van der Waals surface area contributed by atoms with Gasteiger partial charge in [-0.2, -0.15) is 5.10 Å². The second-order valence-electron chi connectivity index (χ2n) is 5.20. The van der Waals surface area contributed by atoms with Crippen LogP contribution in [0.15, 0.2) is 23.5 Å². The zero-order chi connectivity index (χ0) is 14.2. The lowest BCUT2D eigenvalue weighted by atomic mass is 10.1. The first-order valence-corrected chi connectivity index (χ1v) is 6.89. The Morgan fingerprint density at radius 3 is 2.74 bits per heavy atom. The van der Waals surface area contributed by atoms with Gasteiger partial charge in [-0.1, -0.05) is 25.6 Å². The zero-order valence-corrected chi connectivity index (χ0v) is 12.2. The molecular formula is C13H17N3O2S. The van der Waals surface area contributed by atoms with Gasteiger partial charge in [0.1, 0.15) is 9.77 Å². The maximum Gasteiger partial charge on any atom is 0.319 e. The van der Waals surface area contributed by atoms with E-state index in [1.54, 1.807) is 30.8 Å². The van der Waals surface area contributed by atoms with Crippen molar-refractivity contribution in [2.75, 3.05) is 0 Å². The molecule has 0 bridgehead atoms. The Morgan fingerprint density at radius 1 is 1.47 bits per heavy atom. The summed E-state index contributed by atoms with van der Waals surface area (Å²) < 4.78 is 0.833. The highest BCUT2D eigenvalue weighted by Crippen LogP contribution is 2.34. The molecule has 0 atom stereocenters. The van der Waals surface area contributed by atoms with E-state index in [4.69, 9.17) is 0 Å². The molecule has 2 aromatic rings. The Balaban J connectivity index is 2.46. The monoisotopic (exact) mass is 279 g/mol. The maximum absolute atomic E-state index is 11.2. The van der Waals surface area contributed by atoms with E-state index in [1.165, 1.54) is 11.8 Å². The van der Waals surface area contributed by atoms with Crippen molar-refractivity contribution < 1.29 is 9.90 Å². The van der Waals surface area contributed by atoms with Crippen molar-refractivity contribution in [1.82, 2.24) is 14.6 Å². The summed E-state index contributed by atoms with van der Waals surface area (Å²) in [4.78, 5) is 15.5. The van der Waals surface area contributed by atoms with Crippen LogP contribution in [0.5, 0.6) is 0 Å². The molecule has 2 aromatic heterocycles. The van der Waals surface area contributed by atoms with Crippen LogP contribution < -0.4 is 0 Å². The van der Waals surface area contributed by atoms with Gasteiger partial charge in [-0.3, -0.25) is 4.79 Å². The summed E-state index contributed by atoms with van der Waals surface area (Å²) in [7, 11) is 0. The molecule has 102 valence electrons. The normalized spacial score (nSPS) is 12.3. The van der Waals surface area contributed by atoms with Gasteiger partial charge in [0, 0.05) is 12.4 Å². The number of carboxylic acid groups (broad SMARTS) is 1. The van der Waals surface area contributed by atoms with Crippen molar-refractivity contribution >= 4 is 23.2 Å². The van der Waals surface area contributed by atoms with Crippen molar-refractivity contribution in [1.29, 1.82) is 0 Å².